The van der Waals surface area contributed by atoms with Crippen molar-refractivity contribution in [3.8, 4) is 5.75 Å². The summed E-state index contributed by atoms with van der Waals surface area (Å²) in [6.07, 6.45) is -1.91. The Bertz CT molecular complexity index is 1050. The largest absolute Gasteiger partial charge is 0.421 e. The molecule has 3 heterocycles. The third-order valence-electron chi connectivity index (χ3n) is 5.14. The lowest BCUT2D eigenvalue weighted by Crippen LogP contribution is -2.58. The van der Waals surface area contributed by atoms with Gasteiger partial charge in [0.2, 0.25) is 5.95 Å². The fraction of sp³-hybridized carbons (Fsp3) is 0.450. The number of rotatable bonds is 4. The van der Waals surface area contributed by atoms with Gasteiger partial charge in [-0.3, -0.25) is 9.59 Å². The molecule has 0 saturated carbocycles. The number of nitrogens with zero attached hydrogens (tertiary/aromatic N) is 4. The molecule has 32 heavy (non-hydrogen) atoms. The van der Waals surface area contributed by atoms with Gasteiger partial charge in [0.05, 0.1) is 11.6 Å². The molecule has 0 spiro atoms. The highest BCUT2D eigenvalue weighted by molar-refractivity contribution is 5.93. The van der Waals surface area contributed by atoms with E-state index in [4.69, 9.17) is 4.74 Å². The standard InChI is InChI=1S/C20H22F3N5O4/c1-11(2)16-10-27(18-25-7-13(8-26-18)12(3)29)4-5-28(16)19(31)32-14-6-15(20(21,22)23)17(30)24-9-14/h6-9,11,16H,4-5,10H2,1-3H3,(H,24,30). The molecule has 172 valence electrons. The molecule has 1 N–H and O–H groups in total. The number of alkyl halides is 3. The van der Waals surface area contributed by atoms with Crippen molar-refractivity contribution in [2.24, 2.45) is 5.92 Å². The summed E-state index contributed by atoms with van der Waals surface area (Å²) >= 11 is 0. The van der Waals surface area contributed by atoms with E-state index < -0.39 is 29.1 Å². The molecular formula is C20H22F3N5O4. The fourth-order valence-corrected chi connectivity index (χ4v) is 3.35. The predicted octanol–water partition coefficient (Wildman–Crippen LogP) is 2.73. The number of anilines is 1. The monoisotopic (exact) mass is 453 g/mol. The van der Waals surface area contributed by atoms with Crippen LogP contribution in [-0.4, -0.2) is 57.4 Å². The number of amides is 1. The van der Waals surface area contributed by atoms with Gasteiger partial charge >= 0.3 is 12.3 Å². The Labute approximate surface area is 181 Å². The first-order valence-corrected chi connectivity index (χ1v) is 9.83. The number of ether oxygens (including phenoxy) is 1. The van der Waals surface area contributed by atoms with Crippen molar-refractivity contribution in [1.82, 2.24) is 19.9 Å². The number of Topliss-reactive ketones (excluding diaryl/α,β-unsaturated/α-hetero) is 1. The number of pyridine rings is 1. The highest BCUT2D eigenvalue weighted by Gasteiger charge is 2.36. The maximum absolute atomic E-state index is 13.0. The Kier molecular flexibility index (Phi) is 6.51. The second-order valence-corrected chi connectivity index (χ2v) is 7.72. The molecule has 0 aliphatic carbocycles. The Morgan fingerprint density at radius 3 is 2.44 bits per heavy atom. The molecule has 1 aliphatic heterocycles. The number of carbonyl (C=O) groups is 2. The number of piperazine rings is 1. The van der Waals surface area contributed by atoms with Gasteiger partial charge in [-0.1, -0.05) is 13.8 Å². The fourth-order valence-electron chi connectivity index (χ4n) is 3.35. The van der Waals surface area contributed by atoms with Crippen LogP contribution in [0, 0.1) is 5.92 Å². The number of hydrogen-bond acceptors (Lipinski definition) is 7. The molecule has 1 unspecified atom stereocenters. The zero-order chi connectivity index (χ0) is 23.6. The van der Waals surface area contributed by atoms with Crippen molar-refractivity contribution in [2.45, 2.75) is 33.0 Å². The van der Waals surface area contributed by atoms with E-state index in [1.165, 1.54) is 24.2 Å². The first-order valence-electron chi connectivity index (χ1n) is 9.83. The summed E-state index contributed by atoms with van der Waals surface area (Å²) in [5.41, 5.74) is -2.38. The minimum atomic E-state index is -4.87. The van der Waals surface area contributed by atoms with Gasteiger partial charge in [0, 0.05) is 44.3 Å². The van der Waals surface area contributed by atoms with E-state index in [0.717, 1.165) is 6.20 Å². The summed E-state index contributed by atoms with van der Waals surface area (Å²) in [5, 5.41) is 0. The van der Waals surface area contributed by atoms with Crippen molar-refractivity contribution in [3.05, 3.63) is 46.1 Å². The summed E-state index contributed by atoms with van der Waals surface area (Å²) in [6.45, 7) is 6.15. The molecule has 2 aromatic rings. The van der Waals surface area contributed by atoms with Crippen LogP contribution in [-0.2, 0) is 6.18 Å². The molecule has 3 rings (SSSR count). The lowest BCUT2D eigenvalue weighted by Gasteiger charge is -2.42. The van der Waals surface area contributed by atoms with Crippen LogP contribution < -0.4 is 15.2 Å². The molecule has 9 nitrogen and oxygen atoms in total. The number of hydrogen-bond donors (Lipinski definition) is 1. The lowest BCUT2D eigenvalue weighted by atomic mass is 10.00. The molecule has 0 bridgehead atoms. The van der Waals surface area contributed by atoms with Crippen LogP contribution in [0.25, 0.3) is 0 Å². The molecule has 12 heteroatoms. The quantitative estimate of drug-likeness (QED) is 0.709. The number of halogens is 3. The van der Waals surface area contributed by atoms with E-state index in [1.807, 2.05) is 23.7 Å². The van der Waals surface area contributed by atoms with Gasteiger partial charge in [0.25, 0.3) is 5.56 Å². The highest BCUT2D eigenvalue weighted by Crippen LogP contribution is 2.29. The smallest absolute Gasteiger partial charge is 0.409 e. The number of aromatic amines is 1. The van der Waals surface area contributed by atoms with Crippen molar-refractivity contribution in [1.29, 1.82) is 0 Å². The third kappa shape index (κ3) is 5.06. The Morgan fingerprint density at radius 1 is 1.22 bits per heavy atom. The predicted molar refractivity (Wildman–Crippen MR) is 108 cm³/mol. The van der Waals surface area contributed by atoms with E-state index >= 15 is 0 Å². The SMILES string of the molecule is CC(=O)c1cnc(N2CCN(C(=O)Oc3c[nH]c(=O)c(C(F)(F)F)c3)C(C(C)C)C2)nc1. The molecule has 0 radical (unpaired) electrons. The normalized spacial score (nSPS) is 16.9. The number of nitrogens with one attached hydrogen (secondary N) is 1. The molecule has 1 saturated heterocycles. The van der Waals surface area contributed by atoms with Gasteiger partial charge in [-0.15, -0.1) is 0 Å². The second-order valence-electron chi connectivity index (χ2n) is 7.72. The van der Waals surface area contributed by atoms with Crippen molar-refractivity contribution in [3.63, 3.8) is 0 Å². The van der Waals surface area contributed by atoms with Gasteiger partial charge in [-0.05, 0) is 12.8 Å². The van der Waals surface area contributed by atoms with E-state index in [0.29, 0.717) is 30.7 Å². The Morgan fingerprint density at radius 2 is 1.88 bits per heavy atom. The van der Waals surface area contributed by atoms with Gasteiger partial charge in [-0.2, -0.15) is 13.2 Å². The maximum atomic E-state index is 13.0. The van der Waals surface area contributed by atoms with Crippen LogP contribution in [0.4, 0.5) is 23.9 Å². The summed E-state index contributed by atoms with van der Waals surface area (Å²) in [6, 6.07) is 0.166. The number of carbonyl (C=O) groups excluding carboxylic acids is 2. The molecule has 1 atom stereocenters. The topological polar surface area (TPSA) is 108 Å². The molecule has 1 fully saturated rings. The summed E-state index contributed by atoms with van der Waals surface area (Å²) < 4.78 is 44.0. The van der Waals surface area contributed by atoms with E-state index in [2.05, 4.69) is 9.97 Å². The third-order valence-corrected chi connectivity index (χ3v) is 5.14. The number of aromatic nitrogens is 3. The van der Waals surface area contributed by atoms with E-state index in [-0.39, 0.29) is 24.3 Å². The summed E-state index contributed by atoms with van der Waals surface area (Å²) in [4.78, 5) is 49.2. The first kappa shape index (κ1) is 23.2. The summed E-state index contributed by atoms with van der Waals surface area (Å²) in [5.74, 6) is -0.164. The van der Waals surface area contributed by atoms with Crippen LogP contribution in [0.5, 0.6) is 5.75 Å². The van der Waals surface area contributed by atoms with Crippen LogP contribution in [0.15, 0.2) is 29.5 Å². The Balaban J connectivity index is 1.75. The van der Waals surface area contributed by atoms with Gasteiger partial charge in [-0.25, -0.2) is 14.8 Å². The van der Waals surface area contributed by atoms with Gasteiger partial charge in [0.1, 0.15) is 11.3 Å². The maximum Gasteiger partial charge on any atom is 0.421 e. The average molecular weight is 453 g/mol. The first-order chi connectivity index (χ1) is 15.0. The number of ketones is 1. The summed E-state index contributed by atoms with van der Waals surface area (Å²) in [7, 11) is 0. The van der Waals surface area contributed by atoms with E-state index in [9.17, 15) is 27.6 Å². The Hall–Kier alpha value is -3.44. The molecule has 1 amide bonds. The van der Waals surface area contributed by atoms with E-state index in [1.54, 1.807) is 0 Å². The molecule has 2 aromatic heterocycles. The minimum absolute atomic E-state index is 0.0110. The molecule has 0 aromatic carbocycles. The second kappa shape index (κ2) is 8.97. The van der Waals surface area contributed by atoms with Crippen molar-refractivity contribution in [2.75, 3.05) is 24.5 Å². The van der Waals surface area contributed by atoms with Crippen LogP contribution >= 0.6 is 0 Å². The van der Waals surface area contributed by atoms with Crippen LogP contribution in [0.1, 0.15) is 36.7 Å². The van der Waals surface area contributed by atoms with Crippen LogP contribution in [0.3, 0.4) is 0 Å². The zero-order valence-electron chi connectivity index (χ0n) is 17.6. The minimum Gasteiger partial charge on any atom is -0.409 e. The molecule has 1 aliphatic rings. The highest BCUT2D eigenvalue weighted by atomic mass is 19.4. The average Bonchev–Trinajstić information content (AvgIpc) is 2.73. The molecular weight excluding hydrogens is 431 g/mol. The van der Waals surface area contributed by atoms with Crippen LogP contribution in [0.2, 0.25) is 0 Å². The van der Waals surface area contributed by atoms with Gasteiger partial charge < -0.3 is 19.5 Å². The number of H-pyrrole nitrogens is 1. The van der Waals surface area contributed by atoms with Crippen molar-refractivity contribution < 1.29 is 27.5 Å². The van der Waals surface area contributed by atoms with Gasteiger partial charge in [0.15, 0.2) is 5.78 Å². The zero-order valence-corrected chi connectivity index (χ0v) is 17.6. The van der Waals surface area contributed by atoms with Crippen molar-refractivity contribution >= 4 is 17.8 Å². The lowest BCUT2D eigenvalue weighted by molar-refractivity contribution is -0.138.